The van der Waals surface area contributed by atoms with Crippen LogP contribution < -0.4 is 0 Å². The number of fused-ring (bicyclic) bond motifs is 1. The van der Waals surface area contributed by atoms with Gasteiger partial charge in [-0.25, -0.2) is 4.98 Å². The van der Waals surface area contributed by atoms with Crippen LogP contribution in [0.4, 0.5) is 0 Å². The quantitative estimate of drug-likeness (QED) is 0.600. The maximum Gasteiger partial charge on any atom is 0.0999 e. The minimum absolute atomic E-state index is 0.922. The van der Waals surface area contributed by atoms with Crippen molar-refractivity contribution < 1.29 is 0 Å². The van der Waals surface area contributed by atoms with Gasteiger partial charge in [-0.05, 0) is 30.3 Å². The zero-order chi connectivity index (χ0) is 13.4. The van der Waals surface area contributed by atoms with Crippen molar-refractivity contribution >= 4 is 10.9 Å². The maximum atomic E-state index is 4.47. The van der Waals surface area contributed by atoms with Crippen LogP contribution in [0.2, 0.25) is 0 Å². The fourth-order valence-corrected chi connectivity index (χ4v) is 2.41. The van der Waals surface area contributed by atoms with Crippen LogP contribution in [0.3, 0.4) is 0 Å². The minimum Gasteiger partial charge on any atom is -0.361 e. The van der Waals surface area contributed by atoms with E-state index in [0.29, 0.717) is 0 Å². The molecule has 4 rings (SSSR count). The normalized spacial score (nSPS) is 11.0. The summed E-state index contributed by atoms with van der Waals surface area (Å²) in [5.41, 5.74) is 4.18. The Balaban J connectivity index is 1.84. The lowest BCUT2D eigenvalue weighted by atomic mass is 10.2. The van der Waals surface area contributed by atoms with E-state index in [0.717, 1.165) is 22.5 Å². The predicted octanol–water partition coefficient (Wildman–Crippen LogP) is 3.42. The van der Waals surface area contributed by atoms with Crippen LogP contribution in [0.5, 0.6) is 0 Å². The monoisotopic (exact) mass is 260 g/mol. The third-order valence-electron chi connectivity index (χ3n) is 3.39. The zero-order valence-electron chi connectivity index (χ0n) is 10.7. The summed E-state index contributed by atoms with van der Waals surface area (Å²) in [6, 6.07) is 12.2. The number of hydrogen-bond donors (Lipinski definition) is 1. The number of nitrogens with zero attached hydrogens (tertiary/aromatic N) is 3. The van der Waals surface area contributed by atoms with Gasteiger partial charge in [-0.3, -0.25) is 4.98 Å². The summed E-state index contributed by atoms with van der Waals surface area (Å²) in [5, 5.41) is 1.18. The number of aromatic nitrogens is 4. The molecule has 0 radical (unpaired) electrons. The largest absolute Gasteiger partial charge is 0.361 e. The predicted molar refractivity (Wildman–Crippen MR) is 78.7 cm³/mol. The topological polar surface area (TPSA) is 46.5 Å². The molecule has 0 amide bonds. The number of aromatic amines is 1. The van der Waals surface area contributed by atoms with Crippen LogP contribution in [0.1, 0.15) is 0 Å². The molecule has 0 aliphatic carbocycles. The molecule has 4 heteroatoms. The summed E-state index contributed by atoms with van der Waals surface area (Å²) < 4.78 is 2.04. The van der Waals surface area contributed by atoms with E-state index in [-0.39, 0.29) is 0 Å². The van der Waals surface area contributed by atoms with E-state index in [2.05, 4.69) is 33.2 Å². The van der Waals surface area contributed by atoms with E-state index < -0.39 is 0 Å². The standard InChI is InChI=1S/C16H12N4/c1-4-14-13(6-8-18-14)16(5-1)20-10-15(19-11-20)12-3-2-7-17-9-12/h1-11,18H. The Morgan fingerprint density at radius 3 is 2.95 bits per heavy atom. The maximum absolute atomic E-state index is 4.47. The molecule has 1 N–H and O–H groups in total. The number of pyridine rings is 1. The van der Waals surface area contributed by atoms with E-state index in [9.17, 15) is 0 Å². The Kier molecular flexibility index (Phi) is 2.39. The van der Waals surface area contributed by atoms with Gasteiger partial charge in [0.25, 0.3) is 0 Å². The fourth-order valence-electron chi connectivity index (χ4n) is 2.41. The van der Waals surface area contributed by atoms with Gasteiger partial charge in [-0.15, -0.1) is 0 Å². The first-order chi connectivity index (χ1) is 9.92. The first-order valence-corrected chi connectivity index (χ1v) is 6.43. The van der Waals surface area contributed by atoms with E-state index in [1.54, 1.807) is 6.20 Å². The van der Waals surface area contributed by atoms with Crippen LogP contribution in [0.25, 0.3) is 27.8 Å². The van der Waals surface area contributed by atoms with Gasteiger partial charge in [0.2, 0.25) is 0 Å². The number of hydrogen-bond acceptors (Lipinski definition) is 2. The van der Waals surface area contributed by atoms with E-state index in [4.69, 9.17) is 0 Å². The SMILES string of the molecule is c1cncc(-c2cn(-c3cccc4[nH]ccc34)cn2)c1. The molecular weight excluding hydrogens is 248 g/mol. The number of rotatable bonds is 2. The Hall–Kier alpha value is -2.88. The van der Waals surface area contributed by atoms with Crippen molar-refractivity contribution in [1.82, 2.24) is 19.5 Å². The molecule has 0 aliphatic heterocycles. The summed E-state index contributed by atoms with van der Waals surface area (Å²) in [4.78, 5) is 11.8. The average molecular weight is 260 g/mol. The molecule has 3 aromatic heterocycles. The molecule has 0 saturated heterocycles. The lowest BCUT2D eigenvalue weighted by molar-refractivity contribution is 1.07. The molecule has 0 atom stereocenters. The van der Waals surface area contributed by atoms with Crippen LogP contribution in [0, 0.1) is 0 Å². The summed E-state index contributed by atoms with van der Waals surface area (Å²) in [5.74, 6) is 0. The van der Waals surface area contributed by atoms with Crippen molar-refractivity contribution in [2.45, 2.75) is 0 Å². The van der Waals surface area contributed by atoms with Gasteiger partial charge in [0, 0.05) is 41.3 Å². The molecule has 1 aromatic carbocycles. The minimum atomic E-state index is 0.922. The first-order valence-electron chi connectivity index (χ1n) is 6.43. The lowest BCUT2D eigenvalue weighted by Gasteiger charge is -2.03. The summed E-state index contributed by atoms with van der Waals surface area (Å²) in [7, 11) is 0. The second-order valence-corrected chi connectivity index (χ2v) is 4.62. The van der Waals surface area contributed by atoms with Gasteiger partial charge < -0.3 is 9.55 Å². The van der Waals surface area contributed by atoms with Crippen molar-refractivity contribution in [3.63, 3.8) is 0 Å². The highest BCUT2D eigenvalue weighted by molar-refractivity contribution is 5.87. The van der Waals surface area contributed by atoms with Gasteiger partial charge in [-0.2, -0.15) is 0 Å². The van der Waals surface area contributed by atoms with E-state index in [1.165, 1.54) is 5.39 Å². The molecule has 3 heterocycles. The molecule has 0 bridgehead atoms. The second-order valence-electron chi connectivity index (χ2n) is 4.62. The number of benzene rings is 1. The highest BCUT2D eigenvalue weighted by Crippen LogP contribution is 2.23. The third kappa shape index (κ3) is 1.70. The van der Waals surface area contributed by atoms with Gasteiger partial charge in [0.1, 0.15) is 0 Å². The summed E-state index contributed by atoms with van der Waals surface area (Å²) in [6.45, 7) is 0. The molecule has 4 aromatic rings. The Morgan fingerprint density at radius 1 is 1.05 bits per heavy atom. The molecule has 0 spiro atoms. The molecule has 96 valence electrons. The van der Waals surface area contributed by atoms with E-state index >= 15 is 0 Å². The van der Waals surface area contributed by atoms with E-state index in [1.807, 2.05) is 47.7 Å². The van der Waals surface area contributed by atoms with Gasteiger partial charge in [0.05, 0.1) is 17.7 Å². The lowest BCUT2D eigenvalue weighted by Crippen LogP contribution is -1.90. The Morgan fingerprint density at radius 2 is 2.05 bits per heavy atom. The Labute approximate surface area is 115 Å². The zero-order valence-corrected chi connectivity index (χ0v) is 10.7. The molecule has 0 saturated carbocycles. The molecule has 4 nitrogen and oxygen atoms in total. The van der Waals surface area contributed by atoms with Crippen molar-refractivity contribution in [1.29, 1.82) is 0 Å². The average Bonchev–Trinajstić information content (AvgIpc) is 3.17. The smallest absolute Gasteiger partial charge is 0.0999 e. The molecule has 0 fully saturated rings. The molecule has 0 aliphatic rings. The highest BCUT2D eigenvalue weighted by atomic mass is 15.0. The van der Waals surface area contributed by atoms with Gasteiger partial charge in [-0.1, -0.05) is 6.07 Å². The first kappa shape index (κ1) is 11.0. The van der Waals surface area contributed by atoms with Crippen molar-refractivity contribution in [3.8, 4) is 16.9 Å². The number of H-pyrrole nitrogens is 1. The van der Waals surface area contributed by atoms with Crippen LogP contribution in [-0.2, 0) is 0 Å². The number of imidazole rings is 1. The Bertz CT molecular complexity index is 858. The summed E-state index contributed by atoms with van der Waals surface area (Å²) >= 11 is 0. The number of nitrogens with one attached hydrogen (secondary N) is 1. The van der Waals surface area contributed by atoms with Gasteiger partial charge in [0.15, 0.2) is 0 Å². The van der Waals surface area contributed by atoms with Crippen molar-refractivity contribution in [2.75, 3.05) is 0 Å². The third-order valence-corrected chi connectivity index (χ3v) is 3.39. The van der Waals surface area contributed by atoms with Crippen molar-refractivity contribution in [3.05, 3.63) is 67.5 Å². The molecule has 0 unspecified atom stereocenters. The van der Waals surface area contributed by atoms with Crippen LogP contribution >= 0.6 is 0 Å². The van der Waals surface area contributed by atoms with Gasteiger partial charge >= 0.3 is 0 Å². The highest BCUT2D eigenvalue weighted by Gasteiger charge is 2.06. The second kappa shape index (κ2) is 4.35. The fraction of sp³-hybridized carbons (Fsp3) is 0. The molecular formula is C16H12N4. The summed E-state index contributed by atoms with van der Waals surface area (Å²) in [6.07, 6.45) is 9.40. The molecule has 20 heavy (non-hydrogen) atoms. The van der Waals surface area contributed by atoms with Crippen LogP contribution in [0.15, 0.2) is 67.5 Å². The van der Waals surface area contributed by atoms with Crippen LogP contribution in [-0.4, -0.2) is 19.5 Å². The van der Waals surface area contributed by atoms with Crippen molar-refractivity contribution in [2.24, 2.45) is 0 Å².